The van der Waals surface area contributed by atoms with E-state index in [1.807, 2.05) is 18.2 Å². The van der Waals surface area contributed by atoms with E-state index in [9.17, 15) is 0 Å². The molecular weight excluding hydrogens is 364 g/mol. The average Bonchev–Trinajstić information content (AvgIpc) is 2.56. The molecule has 6 heteroatoms. The normalized spacial score (nSPS) is 21.8. The van der Waals surface area contributed by atoms with E-state index >= 15 is 0 Å². The van der Waals surface area contributed by atoms with Gasteiger partial charge in [-0.3, -0.25) is 0 Å². The second kappa shape index (κ2) is 7.45. The predicted molar refractivity (Wildman–Crippen MR) is 110 cm³/mol. The fourth-order valence-electron chi connectivity index (χ4n) is 3.14. The molecule has 0 radical (unpaired) electrons. The van der Waals surface area contributed by atoms with Gasteiger partial charge in [0.15, 0.2) is 8.32 Å². The number of ether oxygens (including phenoxy) is 1. The van der Waals surface area contributed by atoms with Crippen LogP contribution in [-0.4, -0.2) is 30.5 Å². The summed E-state index contributed by atoms with van der Waals surface area (Å²) in [5.74, 6) is 0.792. The second-order valence-corrected chi connectivity index (χ2v) is 13.8. The summed E-state index contributed by atoms with van der Waals surface area (Å²) in [7, 11) is -1.70. The number of rotatable bonds is 4. The van der Waals surface area contributed by atoms with Gasteiger partial charge < -0.3 is 9.16 Å². The SMILES string of the molecule is CC(C)(C)[Si](C)(C)OC1CCC(Oc2cccc3cnc(Cl)nc23)CC1. The molecule has 0 unspecified atom stereocenters. The first-order chi connectivity index (χ1) is 12.2. The van der Waals surface area contributed by atoms with Crippen molar-refractivity contribution in [1.29, 1.82) is 0 Å². The van der Waals surface area contributed by atoms with E-state index in [2.05, 4.69) is 43.8 Å². The van der Waals surface area contributed by atoms with Gasteiger partial charge in [-0.1, -0.05) is 32.9 Å². The number of hydrogen-bond donors (Lipinski definition) is 0. The maximum absolute atomic E-state index is 6.57. The summed E-state index contributed by atoms with van der Waals surface area (Å²) >= 11 is 5.96. The van der Waals surface area contributed by atoms with Crippen LogP contribution in [-0.2, 0) is 4.43 Å². The Labute approximate surface area is 162 Å². The summed E-state index contributed by atoms with van der Waals surface area (Å²) < 4.78 is 12.8. The Balaban J connectivity index is 1.62. The molecule has 0 atom stereocenters. The van der Waals surface area contributed by atoms with Crippen LogP contribution in [0.25, 0.3) is 10.9 Å². The number of fused-ring (bicyclic) bond motifs is 1. The van der Waals surface area contributed by atoms with Gasteiger partial charge >= 0.3 is 0 Å². The molecule has 142 valence electrons. The third-order valence-electron chi connectivity index (χ3n) is 5.73. The van der Waals surface area contributed by atoms with Crippen LogP contribution in [0.15, 0.2) is 24.4 Å². The van der Waals surface area contributed by atoms with Gasteiger partial charge in [0.1, 0.15) is 11.3 Å². The quantitative estimate of drug-likeness (QED) is 0.473. The van der Waals surface area contributed by atoms with E-state index in [1.165, 1.54) is 0 Å². The van der Waals surface area contributed by atoms with Crippen molar-refractivity contribution in [1.82, 2.24) is 9.97 Å². The van der Waals surface area contributed by atoms with Gasteiger partial charge in [0.05, 0.1) is 6.10 Å². The molecule has 0 aliphatic heterocycles. The van der Waals surface area contributed by atoms with Gasteiger partial charge in [0, 0.05) is 17.7 Å². The van der Waals surface area contributed by atoms with Crippen molar-refractivity contribution in [2.45, 2.75) is 76.8 Å². The van der Waals surface area contributed by atoms with Crippen molar-refractivity contribution in [3.63, 3.8) is 0 Å². The summed E-state index contributed by atoms with van der Waals surface area (Å²) in [4.78, 5) is 8.39. The first-order valence-electron chi connectivity index (χ1n) is 9.41. The van der Waals surface area contributed by atoms with Crippen molar-refractivity contribution in [2.75, 3.05) is 0 Å². The molecule has 1 heterocycles. The van der Waals surface area contributed by atoms with E-state index in [0.29, 0.717) is 6.10 Å². The Hall–Kier alpha value is -1.17. The van der Waals surface area contributed by atoms with Gasteiger partial charge in [-0.25, -0.2) is 9.97 Å². The maximum atomic E-state index is 6.57. The number of nitrogens with zero attached hydrogens (tertiary/aromatic N) is 2. The van der Waals surface area contributed by atoms with Gasteiger partial charge in [-0.05, 0) is 61.5 Å². The number of aromatic nitrogens is 2. The lowest BCUT2D eigenvalue weighted by Crippen LogP contribution is -2.45. The summed E-state index contributed by atoms with van der Waals surface area (Å²) in [6.07, 6.45) is 6.42. The van der Waals surface area contributed by atoms with Crippen molar-refractivity contribution >= 4 is 30.8 Å². The van der Waals surface area contributed by atoms with Crippen molar-refractivity contribution in [2.24, 2.45) is 0 Å². The standard InChI is InChI=1S/C20H29ClN2O2Si/c1-20(2,3)26(4,5)25-16-11-9-15(10-12-16)24-17-8-6-7-14-13-22-19(21)23-18(14)17/h6-8,13,15-16H,9-12H2,1-5H3. The molecule has 0 amide bonds. The Bertz CT molecular complexity index is 768. The first-order valence-corrected chi connectivity index (χ1v) is 12.7. The van der Waals surface area contributed by atoms with Crippen LogP contribution >= 0.6 is 11.6 Å². The van der Waals surface area contributed by atoms with Gasteiger partial charge in [-0.15, -0.1) is 0 Å². The van der Waals surface area contributed by atoms with Gasteiger partial charge in [-0.2, -0.15) is 0 Å². The lowest BCUT2D eigenvalue weighted by Gasteiger charge is -2.41. The highest BCUT2D eigenvalue weighted by molar-refractivity contribution is 6.74. The zero-order chi connectivity index (χ0) is 18.9. The molecule has 0 N–H and O–H groups in total. The maximum Gasteiger partial charge on any atom is 0.223 e. The van der Waals surface area contributed by atoms with E-state index in [4.69, 9.17) is 20.8 Å². The monoisotopic (exact) mass is 392 g/mol. The van der Waals surface area contributed by atoms with Crippen LogP contribution in [0, 0.1) is 0 Å². The van der Waals surface area contributed by atoms with Crippen molar-refractivity contribution in [3.8, 4) is 5.75 Å². The number of halogens is 1. The second-order valence-electron chi connectivity index (χ2n) is 8.73. The van der Waals surface area contributed by atoms with E-state index in [0.717, 1.165) is 42.3 Å². The Morgan fingerprint density at radius 1 is 1.08 bits per heavy atom. The molecule has 26 heavy (non-hydrogen) atoms. The Morgan fingerprint density at radius 2 is 1.73 bits per heavy atom. The van der Waals surface area contributed by atoms with Crippen LogP contribution < -0.4 is 4.74 Å². The van der Waals surface area contributed by atoms with Gasteiger partial charge in [0.25, 0.3) is 0 Å². The van der Waals surface area contributed by atoms with Gasteiger partial charge in [0.2, 0.25) is 5.28 Å². The van der Waals surface area contributed by atoms with E-state index in [-0.39, 0.29) is 16.4 Å². The molecule has 1 saturated carbocycles. The lowest BCUT2D eigenvalue weighted by atomic mass is 9.95. The summed E-state index contributed by atoms with van der Waals surface area (Å²) in [5.41, 5.74) is 0.784. The van der Waals surface area contributed by atoms with Crippen molar-refractivity contribution < 1.29 is 9.16 Å². The minimum atomic E-state index is -1.70. The molecule has 1 aliphatic carbocycles. The molecule has 1 aromatic heterocycles. The first kappa shape index (κ1) is 19.6. The summed E-state index contributed by atoms with van der Waals surface area (Å²) in [6.45, 7) is 11.5. The Morgan fingerprint density at radius 3 is 2.38 bits per heavy atom. The van der Waals surface area contributed by atoms with Crippen LogP contribution in [0.3, 0.4) is 0 Å². The summed E-state index contributed by atoms with van der Waals surface area (Å²) in [5, 5.41) is 1.45. The van der Waals surface area contributed by atoms with Crippen molar-refractivity contribution in [3.05, 3.63) is 29.7 Å². The van der Waals surface area contributed by atoms with Crippen LogP contribution in [0.5, 0.6) is 5.75 Å². The summed E-state index contributed by atoms with van der Waals surface area (Å²) in [6, 6.07) is 5.91. The molecule has 2 aromatic rings. The number of benzene rings is 1. The zero-order valence-corrected chi connectivity index (χ0v) is 18.1. The fourth-order valence-corrected chi connectivity index (χ4v) is 4.70. The topological polar surface area (TPSA) is 44.2 Å². The molecule has 1 aliphatic rings. The Kier molecular flexibility index (Phi) is 5.61. The minimum Gasteiger partial charge on any atom is -0.488 e. The zero-order valence-electron chi connectivity index (χ0n) is 16.4. The predicted octanol–water partition coefficient (Wildman–Crippen LogP) is 6.00. The van der Waals surface area contributed by atoms with Crippen LogP contribution in [0.1, 0.15) is 46.5 Å². The lowest BCUT2D eigenvalue weighted by molar-refractivity contribution is 0.0732. The molecular formula is C20H29ClN2O2Si. The highest BCUT2D eigenvalue weighted by Crippen LogP contribution is 2.39. The molecule has 1 aromatic carbocycles. The third-order valence-corrected chi connectivity index (χ3v) is 10.4. The largest absolute Gasteiger partial charge is 0.488 e. The van der Waals surface area contributed by atoms with Crippen LogP contribution in [0.4, 0.5) is 0 Å². The molecule has 3 rings (SSSR count). The number of hydrogen-bond acceptors (Lipinski definition) is 4. The molecule has 0 spiro atoms. The average molecular weight is 393 g/mol. The van der Waals surface area contributed by atoms with Crippen LogP contribution in [0.2, 0.25) is 23.4 Å². The molecule has 1 fully saturated rings. The van der Waals surface area contributed by atoms with E-state index in [1.54, 1.807) is 6.20 Å². The molecule has 0 saturated heterocycles. The highest BCUT2D eigenvalue weighted by atomic mass is 35.5. The highest BCUT2D eigenvalue weighted by Gasteiger charge is 2.40. The van der Waals surface area contributed by atoms with E-state index < -0.39 is 8.32 Å². The molecule has 0 bridgehead atoms. The smallest absolute Gasteiger partial charge is 0.223 e. The third kappa shape index (κ3) is 4.38. The number of para-hydroxylation sites is 1. The molecule has 4 nitrogen and oxygen atoms in total. The minimum absolute atomic E-state index is 0.202. The fraction of sp³-hybridized carbons (Fsp3) is 0.600.